The summed E-state index contributed by atoms with van der Waals surface area (Å²) in [6, 6.07) is 32.5. The molecule has 144 heavy (non-hydrogen) atoms. The zero-order chi connectivity index (χ0) is 103. The molecule has 1 aliphatic carbocycles. The van der Waals surface area contributed by atoms with Crippen LogP contribution in [0, 0.1) is 83.1 Å². The molecule has 0 unspecified atom stereocenters. The highest BCUT2D eigenvalue weighted by Gasteiger charge is 2.23. The first-order valence-corrected chi connectivity index (χ1v) is 53.0. The van der Waals surface area contributed by atoms with E-state index in [4.69, 9.17) is 30.5 Å². The molecule has 12 aromatic heterocycles. The molecule has 0 aliphatic heterocycles. The van der Waals surface area contributed by atoms with E-state index >= 15 is 0 Å². The molecule has 0 bridgehead atoms. The Kier molecular flexibility index (Phi) is 43.3. The van der Waals surface area contributed by atoms with Crippen LogP contribution in [0.1, 0.15) is 208 Å². The number of nitrogens with zero attached hydrogens (tertiary/aromatic N) is 12. The first-order chi connectivity index (χ1) is 68.4. The molecule has 1 aliphatic rings. The average molecular weight is 2090 g/mol. The maximum atomic E-state index is 12.6. The summed E-state index contributed by atoms with van der Waals surface area (Å²) in [4.78, 5) is 178. The second-order valence-electron chi connectivity index (χ2n) is 35.7. The van der Waals surface area contributed by atoms with Gasteiger partial charge in [-0.15, -0.1) is 0 Å². The quantitative estimate of drug-likeness (QED) is 0.0277. The minimum absolute atomic E-state index is 0. The number of carbonyl (C=O) groups is 6. The van der Waals surface area contributed by atoms with Crippen LogP contribution in [0.5, 0.6) is 17.2 Å². The van der Waals surface area contributed by atoms with E-state index in [0.717, 1.165) is 151 Å². The van der Waals surface area contributed by atoms with E-state index in [9.17, 15) is 57.5 Å². The first-order valence-electron chi connectivity index (χ1n) is 48.0. The van der Waals surface area contributed by atoms with Crippen molar-refractivity contribution in [1.29, 1.82) is 0 Å². The largest absolute Gasteiger partial charge is 0.497 e. The zero-order valence-electron chi connectivity index (χ0n) is 84.4. The van der Waals surface area contributed by atoms with Crippen molar-refractivity contribution < 1.29 is 47.7 Å². The van der Waals surface area contributed by atoms with Crippen molar-refractivity contribution in [3.8, 4) is 17.2 Å². The van der Waals surface area contributed by atoms with Gasteiger partial charge in [0.05, 0.1) is 92.5 Å². The molecule has 0 atom stereocenters. The lowest BCUT2D eigenvalue weighted by molar-refractivity contribution is -0.122. The van der Waals surface area contributed by atoms with Crippen molar-refractivity contribution in [3.05, 3.63) is 266 Å². The van der Waals surface area contributed by atoms with Crippen LogP contribution in [-0.2, 0) is 92.0 Å². The van der Waals surface area contributed by atoms with Gasteiger partial charge in [-0.3, -0.25) is 81.3 Å². The normalized spacial score (nSPS) is 11.6. The summed E-state index contributed by atoms with van der Waals surface area (Å²) < 4.78 is 30.0. The number of hydrogen-bond acceptors (Lipinski definition) is 28. The molecule has 0 saturated carbocycles. The summed E-state index contributed by atoms with van der Waals surface area (Å²) >= 11 is 13.7. The molecule has 12 heterocycles. The number of pyridine rings is 6. The van der Waals surface area contributed by atoms with Gasteiger partial charge in [0.25, 0.3) is 33.4 Å². The van der Waals surface area contributed by atoms with E-state index in [1.165, 1.54) is 122 Å². The van der Waals surface area contributed by atoms with Crippen LogP contribution in [0.25, 0.3) is 61.3 Å². The highest BCUT2D eigenvalue weighted by atomic mass is 35.5. The molecule has 1 amide bonds. The van der Waals surface area contributed by atoms with E-state index in [-0.39, 0.29) is 115 Å². The third-order valence-corrected chi connectivity index (χ3v) is 30.1. The summed E-state index contributed by atoms with van der Waals surface area (Å²) in [5.74, 6) is 2.58. The molecular weight excluding hydrogens is 1960 g/mol. The number of halogens is 1. The van der Waals surface area contributed by atoms with Gasteiger partial charge in [-0.2, -0.15) is 0 Å². The maximum absolute atomic E-state index is 12.6. The van der Waals surface area contributed by atoms with E-state index in [1.807, 2.05) is 193 Å². The van der Waals surface area contributed by atoms with Crippen molar-refractivity contribution in [2.75, 3.05) is 41.1 Å². The number of unbranched alkanes of at least 4 members (excludes halogenated alkanes) is 2. The molecule has 0 saturated heterocycles. The Morgan fingerprint density at radius 3 is 1.08 bits per heavy atom. The number of allylic oxidation sites excluding steroid dienone is 2. The molecule has 16 rings (SSSR count). The summed E-state index contributed by atoms with van der Waals surface area (Å²) in [5.41, 5.74) is 14.7. The van der Waals surface area contributed by atoms with E-state index < -0.39 is 0 Å². The predicted octanol–water partition coefficient (Wildman–Crippen LogP) is 20.7. The number of rotatable bonds is 38. The van der Waals surface area contributed by atoms with Gasteiger partial charge < -0.3 is 24.3 Å². The fourth-order valence-electron chi connectivity index (χ4n) is 16.8. The number of nitrogens with one attached hydrogen (secondary N) is 1. The van der Waals surface area contributed by atoms with Crippen molar-refractivity contribution in [1.82, 2.24) is 59.0 Å². The van der Waals surface area contributed by atoms with Crippen LogP contribution in [0.2, 0.25) is 5.02 Å². The van der Waals surface area contributed by atoms with Crippen molar-refractivity contribution in [3.63, 3.8) is 0 Å². The standard InChI is InChI=1S/C21H24N2O4S.C21H24N2O3S.C19H24N2O2S.C18H17ClN2O2S.C15H20N2O2S.C13H17N3O3S.CH4/c1-13-10-14(2)22-20-19(13)21(25)23(28-20)12-16(24)7-5-6-15-11-17(26-3)8-9-18(15)27-4;1-4-26-18-10-8-16(9-11-18)6-5-7-17(24)13-23-21(25)19-14(2)12-15(3)22-20(19)27-23;1-13-11-14(2)20-18-17(13)19(23)21(24-18)12-16(22)10-6-9-15-7-4-3-5-8-15;1-11-9-12(2)20-17-16(11)18(23)21(24-17)10-14(22)8-7-13-5-3-4-6-15(13)19;1-4-5-6-7-12(18)9-17-15(19)13-10(2)8-11(3)16-14(13)20-17;1-8-6-9(2)15-12-11(8)13(18)16(20-12)7-10(17)14-4-5-19-3;/h8-11H,5-7,12H2,1-4H3;8-12H,4-7,13H2,1-3H3;7,11H,3-6,8-10,12H2,1-2H3;3-6,9H,7-8,10H2,1-2H3;8H,4-7,9H2,1-3H3;6H,4-5,7H2,1-3H3,(H,14,17);1H4. The van der Waals surface area contributed by atoms with Crippen LogP contribution in [-0.4, -0.2) is 130 Å². The number of aromatic nitrogens is 12. The Morgan fingerprint density at radius 1 is 0.382 bits per heavy atom. The Bertz CT molecular complexity index is 7410. The third-order valence-electron chi connectivity index (χ3n) is 23.8. The molecule has 0 spiro atoms. The molecule has 1 N–H and O–H groups in total. The number of amides is 1. The van der Waals surface area contributed by atoms with Crippen LogP contribution in [0.4, 0.5) is 0 Å². The molecule has 766 valence electrons. The van der Waals surface area contributed by atoms with Gasteiger partial charge in [-0.05, 0) is 359 Å². The lowest BCUT2D eigenvalue weighted by Gasteiger charge is -2.11. The molecule has 0 radical (unpaired) electrons. The third kappa shape index (κ3) is 31.5. The number of Topliss-reactive ketones (excluding diaryl/α,β-unsaturated/α-hetero) is 5. The van der Waals surface area contributed by atoms with Gasteiger partial charge in [0.2, 0.25) is 5.91 Å². The van der Waals surface area contributed by atoms with Gasteiger partial charge >= 0.3 is 0 Å². The monoisotopic (exact) mass is 2090 g/mol. The fourth-order valence-corrected chi connectivity index (χ4v) is 23.7. The maximum Gasteiger partial charge on any atom is 0.270 e. The molecular formula is C108H130ClN13O16S6. The van der Waals surface area contributed by atoms with Crippen molar-refractivity contribution in [2.45, 2.75) is 266 Å². The Balaban J connectivity index is 0.000000178. The lowest BCUT2D eigenvalue weighted by Crippen LogP contribution is -2.32. The zero-order valence-corrected chi connectivity index (χ0v) is 90.1. The highest BCUT2D eigenvalue weighted by molar-refractivity contribution is 7.15. The second kappa shape index (κ2) is 54.7. The minimum Gasteiger partial charge on any atom is -0.497 e. The minimum atomic E-state index is -0.204. The number of aryl methyl sites for hydroxylation is 15. The van der Waals surface area contributed by atoms with Gasteiger partial charge in [-0.25, -0.2) is 29.9 Å². The average Bonchev–Trinajstić information content (AvgIpc) is 1.67. The number of carbonyl (C=O) groups excluding carboxylic acids is 6. The number of methoxy groups -OCH3 is 3. The van der Waals surface area contributed by atoms with Crippen LogP contribution >= 0.6 is 80.8 Å². The van der Waals surface area contributed by atoms with E-state index in [2.05, 4.69) is 48.2 Å². The topological polar surface area (TPSA) is 361 Å². The van der Waals surface area contributed by atoms with Crippen LogP contribution < -0.4 is 52.9 Å². The summed E-state index contributed by atoms with van der Waals surface area (Å²) in [5, 5.41) is 7.14. The number of benzene rings is 3. The van der Waals surface area contributed by atoms with Gasteiger partial charge in [0.1, 0.15) is 52.8 Å². The number of fused-ring (bicyclic) bond motifs is 6. The summed E-state index contributed by atoms with van der Waals surface area (Å²) in [6.45, 7) is 29.2. The van der Waals surface area contributed by atoms with Crippen molar-refractivity contribution >= 4 is 177 Å². The molecule has 36 heteroatoms. The fraction of sp³-hybridized carbons (Fsp3) is 0.426. The van der Waals surface area contributed by atoms with E-state index in [0.29, 0.717) is 128 Å². The van der Waals surface area contributed by atoms with Crippen LogP contribution in [0.3, 0.4) is 0 Å². The number of hydrogen-bond donors (Lipinski definition) is 1. The van der Waals surface area contributed by atoms with Gasteiger partial charge in [0.15, 0.2) is 28.9 Å². The van der Waals surface area contributed by atoms with Gasteiger partial charge in [0, 0.05) is 84.9 Å². The number of ether oxygens (including phenoxy) is 4. The molecule has 0 fully saturated rings. The molecule has 3 aromatic carbocycles. The van der Waals surface area contributed by atoms with Crippen LogP contribution in [0.15, 0.2) is 144 Å². The summed E-state index contributed by atoms with van der Waals surface area (Å²) in [7, 11) is 4.82. The number of ketones is 5. The predicted molar refractivity (Wildman–Crippen MR) is 584 cm³/mol. The first kappa shape index (κ1) is 114. The van der Waals surface area contributed by atoms with Gasteiger partial charge in [-0.1, -0.05) is 80.8 Å². The molecule has 29 nitrogen and oxygen atoms in total. The highest BCUT2D eigenvalue weighted by Crippen LogP contribution is 2.31. The summed E-state index contributed by atoms with van der Waals surface area (Å²) in [6.07, 6.45) is 18.1. The van der Waals surface area contributed by atoms with E-state index in [1.54, 1.807) is 29.2 Å². The SMILES string of the molecule is C.CCCCCC(=O)Cn1sc2nc(C)cc(C)c2c1=O.CCOc1ccc(CCCC(=O)Cn2sc3nc(C)cc(C)c3c2=O)cc1.COCCNC(=O)Cn1sc2nc(C)cc(C)c2c1=O.COc1ccc(OC)c(CCCC(=O)Cn2sc3nc(C)cc(C)c3c2=O)c1.Cc1cc(C)c2c(=O)n(CC(=O)CCCC3=CCCCC3)sc2n1.Cc1cc(C)c2c(=O)n(CC(=O)CCc3ccccc3Cl)sc2n1. The lowest BCUT2D eigenvalue weighted by atomic mass is 9.95. The van der Waals surface area contributed by atoms with Crippen molar-refractivity contribution in [2.24, 2.45) is 0 Å². The smallest absolute Gasteiger partial charge is 0.270 e. The Morgan fingerprint density at radius 2 is 0.736 bits per heavy atom. The Hall–Kier alpha value is -12.1. The Labute approximate surface area is 867 Å². The molecule has 15 aromatic rings. The second-order valence-corrected chi connectivity index (χ2v) is 42.1.